The van der Waals surface area contributed by atoms with E-state index >= 15 is 0 Å². The molecule has 0 bridgehead atoms. The highest BCUT2D eigenvalue weighted by atomic mass is 31.1. The molecule has 0 radical (unpaired) electrons. The van der Waals surface area contributed by atoms with Crippen LogP contribution in [-0.4, -0.2) is 11.1 Å². The lowest BCUT2D eigenvalue weighted by molar-refractivity contribution is -0.131. The van der Waals surface area contributed by atoms with Crippen molar-refractivity contribution in [2.24, 2.45) is 0 Å². The Morgan fingerprint density at radius 3 is 2.13 bits per heavy atom. The molecular formula is C12H17O2P. The van der Waals surface area contributed by atoms with Crippen LogP contribution in [0.25, 0.3) is 0 Å². The predicted octanol–water partition coefficient (Wildman–Crippen LogP) is 3.07. The quantitative estimate of drug-likeness (QED) is 0.721. The number of carbonyl (C=O) groups is 1. The number of hydrogen-bond acceptors (Lipinski definition) is 2. The number of hydrogen-bond donors (Lipinski definition) is 0. The van der Waals surface area contributed by atoms with Gasteiger partial charge in [0.25, 0.3) is 0 Å². The molecule has 82 valence electrons. The third-order valence-electron chi connectivity index (χ3n) is 1.82. The molecule has 0 aliphatic heterocycles. The van der Waals surface area contributed by atoms with E-state index in [2.05, 4.69) is 20.8 Å². The average molecular weight is 224 g/mol. The minimum atomic E-state index is -0.886. The smallest absolute Gasteiger partial charge is 0.305 e. The first-order valence-electron chi connectivity index (χ1n) is 4.95. The van der Waals surface area contributed by atoms with Crippen molar-refractivity contribution in [3.63, 3.8) is 0 Å². The number of benzene rings is 1. The maximum absolute atomic E-state index is 11.1. The molecule has 0 heterocycles. The van der Waals surface area contributed by atoms with E-state index in [4.69, 9.17) is 4.52 Å². The van der Waals surface area contributed by atoms with Gasteiger partial charge in [0.05, 0.1) is 0 Å². The Bertz CT molecular complexity index is 327. The molecule has 1 unspecified atom stereocenters. The minimum Gasteiger partial charge on any atom is -0.440 e. The lowest BCUT2D eigenvalue weighted by atomic mass is 10.3. The van der Waals surface area contributed by atoms with Gasteiger partial charge in [0.15, 0.2) is 0 Å². The van der Waals surface area contributed by atoms with Gasteiger partial charge in [0.1, 0.15) is 8.15 Å². The lowest BCUT2D eigenvalue weighted by Gasteiger charge is -2.29. The van der Waals surface area contributed by atoms with Crippen LogP contribution in [0.5, 0.6) is 0 Å². The van der Waals surface area contributed by atoms with Crippen molar-refractivity contribution in [3.05, 3.63) is 30.3 Å². The fraction of sp³-hybridized carbons (Fsp3) is 0.417. The Morgan fingerprint density at radius 2 is 1.73 bits per heavy atom. The predicted molar refractivity (Wildman–Crippen MR) is 64.5 cm³/mol. The van der Waals surface area contributed by atoms with Gasteiger partial charge in [-0.1, -0.05) is 51.1 Å². The van der Waals surface area contributed by atoms with Gasteiger partial charge in [-0.15, -0.1) is 0 Å². The van der Waals surface area contributed by atoms with Crippen LogP contribution in [0, 0.1) is 0 Å². The summed E-state index contributed by atoms with van der Waals surface area (Å²) in [6, 6.07) is 9.94. The van der Waals surface area contributed by atoms with E-state index in [0.717, 1.165) is 5.30 Å². The van der Waals surface area contributed by atoms with Gasteiger partial charge in [-0.3, -0.25) is 4.79 Å². The van der Waals surface area contributed by atoms with Crippen molar-refractivity contribution in [1.82, 2.24) is 0 Å². The summed E-state index contributed by atoms with van der Waals surface area (Å²) in [5.74, 6) is -0.208. The van der Waals surface area contributed by atoms with Gasteiger partial charge in [-0.25, -0.2) is 0 Å². The summed E-state index contributed by atoms with van der Waals surface area (Å²) in [6.07, 6.45) is 0. The molecule has 0 aromatic heterocycles. The Morgan fingerprint density at radius 1 is 1.20 bits per heavy atom. The van der Waals surface area contributed by atoms with Gasteiger partial charge < -0.3 is 4.52 Å². The molecule has 1 aromatic rings. The van der Waals surface area contributed by atoms with Crippen molar-refractivity contribution in [3.8, 4) is 0 Å². The fourth-order valence-electron chi connectivity index (χ4n) is 1.27. The van der Waals surface area contributed by atoms with E-state index in [1.54, 1.807) is 0 Å². The van der Waals surface area contributed by atoms with Gasteiger partial charge in [-0.2, -0.15) is 0 Å². The molecule has 3 heteroatoms. The van der Waals surface area contributed by atoms with Crippen molar-refractivity contribution in [1.29, 1.82) is 0 Å². The number of rotatable bonds is 2. The van der Waals surface area contributed by atoms with Crippen LogP contribution in [0.1, 0.15) is 27.7 Å². The first-order valence-corrected chi connectivity index (χ1v) is 6.21. The molecule has 15 heavy (non-hydrogen) atoms. The molecule has 1 aromatic carbocycles. The van der Waals surface area contributed by atoms with Crippen LogP contribution in [0.3, 0.4) is 0 Å². The third kappa shape index (κ3) is 3.64. The molecule has 0 aliphatic rings. The molecule has 0 amide bonds. The van der Waals surface area contributed by atoms with Crippen LogP contribution >= 0.6 is 8.15 Å². The molecule has 1 atom stereocenters. The van der Waals surface area contributed by atoms with Crippen LogP contribution in [0.15, 0.2) is 30.3 Å². The Labute approximate surface area is 92.5 Å². The summed E-state index contributed by atoms with van der Waals surface area (Å²) in [5, 5.41) is 1.08. The van der Waals surface area contributed by atoms with E-state index in [9.17, 15) is 4.79 Å². The molecule has 0 aliphatic carbocycles. The van der Waals surface area contributed by atoms with E-state index in [1.165, 1.54) is 6.92 Å². The summed E-state index contributed by atoms with van der Waals surface area (Å²) >= 11 is 0. The molecule has 0 saturated heterocycles. The van der Waals surface area contributed by atoms with E-state index in [0.29, 0.717) is 0 Å². The van der Waals surface area contributed by atoms with Crippen molar-refractivity contribution in [2.45, 2.75) is 32.9 Å². The van der Waals surface area contributed by atoms with Crippen LogP contribution in [0.4, 0.5) is 0 Å². The van der Waals surface area contributed by atoms with E-state index in [1.807, 2.05) is 30.3 Å². The Kier molecular flexibility index (Phi) is 3.87. The summed E-state index contributed by atoms with van der Waals surface area (Å²) in [7, 11) is -0.886. The minimum absolute atomic E-state index is 0.0254. The highest BCUT2D eigenvalue weighted by Gasteiger charge is 2.29. The molecule has 0 saturated carbocycles. The first-order chi connectivity index (χ1) is 6.91. The van der Waals surface area contributed by atoms with Gasteiger partial charge >= 0.3 is 5.97 Å². The standard InChI is InChI=1S/C12H17O2P/c1-10(13)14-15(12(2,3)4)11-8-6-5-7-9-11/h5-9H,1-4H3. The van der Waals surface area contributed by atoms with Crippen molar-refractivity contribution in [2.75, 3.05) is 0 Å². The maximum Gasteiger partial charge on any atom is 0.305 e. The second-order valence-corrected chi connectivity index (χ2v) is 7.01. The largest absolute Gasteiger partial charge is 0.440 e. The van der Waals surface area contributed by atoms with Gasteiger partial charge in [-0.05, 0) is 0 Å². The second-order valence-electron chi connectivity index (χ2n) is 4.38. The highest BCUT2D eigenvalue weighted by Crippen LogP contribution is 2.49. The average Bonchev–Trinajstić information content (AvgIpc) is 2.14. The molecule has 0 N–H and O–H groups in total. The molecule has 0 spiro atoms. The normalized spacial score (nSPS) is 13.3. The molecular weight excluding hydrogens is 207 g/mol. The van der Waals surface area contributed by atoms with Crippen LogP contribution < -0.4 is 5.30 Å². The highest BCUT2D eigenvalue weighted by molar-refractivity contribution is 7.62. The summed E-state index contributed by atoms with van der Waals surface area (Å²) in [5.41, 5.74) is 0. The van der Waals surface area contributed by atoms with Crippen molar-refractivity contribution >= 4 is 19.4 Å². The SMILES string of the molecule is CC(=O)OP(c1ccccc1)C(C)(C)C. The monoisotopic (exact) mass is 224 g/mol. The van der Waals surface area contributed by atoms with Crippen LogP contribution in [0.2, 0.25) is 0 Å². The first kappa shape index (κ1) is 12.2. The molecule has 0 fully saturated rings. The second kappa shape index (κ2) is 4.76. The van der Waals surface area contributed by atoms with Gasteiger partial charge in [0.2, 0.25) is 0 Å². The topological polar surface area (TPSA) is 26.3 Å². The van der Waals surface area contributed by atoms with E-state index in [-0.39, 0.29) is 11.1 Å². The number of carbonyl (C=O) groups excluding carboxylic acids is 1. The third-order valence-corrected chi connectivity index (χ3v) is 4.25. The molecule has 1 rings (SSSR count). The van der Waals surface area contributed by atoms with Crippen LogP contribution in [-0.2, 0) is 9.32 Å². The van der Waals surface area contributed by atoms with Gasteiger partial charge in [0, 0.05) is 17.4 Å². The Balaban J connectivity index is 2.97. The summed E-state index contributed by atoms with van der Waals surface area (Å²) in [4.78, 5) is 11.1. The fourth-order valence-corrected chi connectivity index (χ4v) is 3.12. The zero-order valence-electron chi connectivity index (χ0n) is 9.65. The van der Waals surface area contributed by atoms with E-state index < -0.39 is 8.15 Å². The summed E-state index contributed by atoms with van der Waals surface area (Å²) < 4.78 is 5.43. The molecule has 2 nitrogen and oxygen atoms in total. The zero-order valence-corrected chi connectivity index (χ0v) is 10.5. The Hall–Kier alpha value is -0.880. The summed E-state index contributed by atoms with van der Waals surface area (Å²) in [6.45, 7) is 7.74. The zero-order chi connectivity index (χ0) is 11.5. The maximum atomic E-state index is 11.1. The lowest BCUT2D eigenvalue weighted by Crippen LogP contribution is -2.22. The van der Waals surface area contributed by atoms with Crippen molar-refractivity contribution < 1.29 is 9.32 Å².